The smallest absolute Gasteiger partial charge is 0.255 e. The van der Waals surface area contributed by atoms with Crippen molar-refractivity contribution in [2.45, 2.75) is 18.9 Å². The number of rotatable bonds is 1. The minimum Gasteiger partial charge on any atom is -0.338 e. The Hall–Kier alpha value is -0.770. The van der Waals surface area contributed by atoms with Crippen LogP contribution in [-0.2, 0) is 0 Å². The Bertz CT molecular complexity index is 520. The number of carbonyl (C=O) groups is 1. The molecule has 5 heteroatoms. The van der Waals surface area contributed by atoms with E-state index in [1.165, 1.54) is 0 Å². The fourth-order valence-corrected chi connectivity index (χ4v) is 3.80. The Labute approximate surface area is 122 Å². The summed E-state index contributed by atoms with van der Waals surface area (Å²) in [5.74, 6) is 1.00. The summed E-state index contributed by atoms with van der Waals surface area (Å²) in [6.45, 7) is 1.56. The first-order chi connectivity index (χ1) is 9.06. The maximum atomic E-state index is 12.5. The first kappa shape index (κ1) is 13.2. The molecular formula is C14H16Cl2N2O. The second kappa shape index (κ2) is 4.97. The molecule has 1 aliphatic heterocycles. The summed E-state index contributed by atoms with van der Waals surface area (Å²) in [6, 6.07) is 5.24. The summed E-state index contributed by atoms with van der Waals surface area (Å²) < 4.78 is 0. The number of carbonyl (C=O) groups excluding carboxylic acids is 1. The van der Waals surface area contributed by atoms with Gasteiger partial charge in [0, 0.05) is 24.2 Å². The third kappa shape index (κ3) is 2.35. The normalized spacial score (nSPS) is 29.6. The molecule has 1 aromatic carbocycles. The van der Waals surface area contributed by atoms with Gasteiger partial charge in [-0.25, -0.2) is 0 Å². The zero-order chi connectivity index (χ0) is 13.6. The van der Waals surface area contributed by atoms with E-state index in [1.54, 1.807) is 18.2 Å². The van der Waals surface area contributed by atoms with Gasteiger partial charge >= 0.3 is 0 Å². The summed E-state index contributed by atoms with van der Waals surface area (Å²) >= 11 is 11.9. The fourth-order valence-electron chi connectivity index (χ4n) is 3.31. The molecule has 1 saturated carbocycles. The molecule has 0 radical (unpaired) electrons. The molecule has 3 nitrogen and oxygen atoms in total. The highest BCUT2D eigenvalue weighted by atomic mass is 35.5. The lowest BCUT2D eigenvalue weighted by molar-refractivity contribution is 0.0780. The van der Waals surface area contributed by atoms with E-state index in [4.69, 9.17) is 28.9 Å². The Morgan fingerprint density at radius 1 is 1.26 bits per heavy atom. The van der Waals surface area contributed by atoms with Crippen LogP contribution in [0.15, 0.2) is 18.2 Å². The molecule has 102 valence electrons. The van der Waals surface area contributed by atoms with E-state index in [9.17, 15) is 4.79 Å². The monoisotopic (exact) mass is 298 g/mol. The van der Waals surface area contributed by atoms with Gasteiger partial charge in [-0.15, -0.1) is 0 Å². The van der Waals surface area contributed by atoms with Gasteiger partial charge in [-0.3, -0.25) is 4.79 Å². The predicted molar refractivity (Wildman–Crippen MR) is 76.6 cm³/mol. The predicted octanol–water partition coefficient (Wildman–Crippen LogP) is 2.80. The van der Waals surface area contributed by atoms with E-state index in [0.717, 1.165) is 25.9 Å². The summed E-state index contributed by atoms with van der Waals surface area (Å²) in [6.07, 6.45) is 2.21. The molecule has 0 bridgehead atoms. The quantitative estimate of drug-likeness (QED) is 0.866. The van der Waals surface area contributed by atoms with Crippen molar-refractivity contribution < 1.29 is 4.79 Å². The van der Waals surface area contributed by atoms with Crippen LogP contribution in [0.25, 0.3) is 0 Å². The molecular weight excluding hydrogens is 283 g/mol. The zero-order valence-corrected chi connectivity index (χ0v) is 12.0. The van der Waals surface area contributed by atoms with Crippen LogP contribution in [0.5, 0.6) is 0 Å². The second-order valence-electron chi connectivity index (χ2n) is 5.50. The number of fused-ring (bicyclic) bond motifs is 1. The van der Waals surface area contributed by atoms with E-state index < -0.39 is 0 Å². The second-order valence-corrected chi connectivity index (χ2v) is 6.34. The lowest BCUT2D eigenvalue weighted by Gasteiger charge is -2.19. The molecule has 2 N–H and O–H groups in total. The molecule has 1 heterocycles. The number of nitrogens with zero attached hydrogens (tertiary/aromatic N) is 1. The van der Waals surface area contributed by atoms with E-state index in [1.807, 2.05) is 4.90 Å². The molecule has 0 aromatic heterocycles. The van der Waals surface area contributed by atoms with Gasteiger partial charge in [0.05, 0.1) is 10.6 Å². The number of hydrogen-bond donors (Lipinski definition) is 1. The van der Waals surface area contributed by atoms with Crippen LogP contribution in [-0.4, -0.2) is 29.9 Å². The highest BCUT2D eigenvalue weighted by Crippen LogP contribution is 2.38. The van der Waals surface area contributed by atoms with Crippen molar-refractivity contribution in [2.75, 3.05) is 13.1 Å². The Kier molecular flexibility index (Phi) is 3.46. The summed E-state index contributed by atoms with van der Waals surface area (Å²) in [7, 11) is 0. The van der Waals surface area contributed by atoms with Gasteiger partial charge in [0.1, 0.15) is 0 Å². The molecule has 3 atom stereocenters. The van der Waals surface area contributed by atoms with Gasteiger partial charge in [0.15, 0.2) is 0 Å². The average molecular weight is 299 g/mol. The number of hydrogen-bond acceptors (Lipinski definition) is 2. The summed E-state index contributed by atoms with van der Waals surface area (Å²) in [5, 5.41) is 0.959. The van der Waals surface area contributed by atoms with Gasteiger partial charge in [0.25, 0.3) is 5.91 Å². The Morgan fingerprint density at radius 3 is 2.74 bits per heavy atom. The van der Waals surface area contributed by atoms with Crippen LogP contribution in [0.3, 0.4) is 0 Å². The molecule has 1 amide bonds. The maximum absolute atomic E-state index is 12.5. The highest BCUT2D eigenvalue weighted by Gasteiger charge is 2.42. The first-order valence-corrected chi connectivity index (χ1v) is 7.32. The van der Waals surface area contributed by atoms with Crippen LogP contribution in [0.2, 0.25) is 10.0 Å². The fraction of sp³-hybridized carbons (Fsp3) is 0.500. The van der Waals surface area contributed by atoms with Crippen molar-refractivity contribution in [3.05, 3.63) is 33.8 Å². The van der Waals surface area contributed by atoms with Gasteiger partial charge in [-0.1, -0.05) is 23.2 Å². The third-order valence-corrected chi connectivity index (χ3v) is 4.91. The molecule has 2 fully saturated rings. The molecule has 3 unspecified atom stereocenters. The van der Waals surface area contributed by atoms with Crippen molar-refractivity contribution >= 4 is 29.1 Å². The lowest BCUT2D eigenvalue weighted by Crippen LogP contribution is -2.33. The summed E-state index contributed by atoms with van der Waals surface area (Å²) in [5.41, 5.74) is 6.62. The lowest BCUT2D eigenvalue weighted by atomic mass is 9.98. The van der Waals surface area contributed by atoms with Crippen LogP contribution in [0.1, 0.15) is 23.2 Å². The average Bonchev–Trinajstić information content (AvgIpc) is 2.91. The molecule has 2 aliphatic rings. The minimum atomic E-state index is -0.0109. The van der Waals surface area contributed by atoms with Gasteiger partial charge in [0.2, 0.25) is 0 Å². The number of benzene rings is 1. The molecule has 1 aromatic rings. The van der Waals surface area contributed by atoms with E-state index in [2.05, 4.69) is 0 Å². The topological polar surface area (TPSA) is 46.3 Å². The Morgan fingerprint density at radius 2 is 2.05 bits per heavy atom. The van der Waals surface area contributed by atoms with E-state index in [0.29, 0.717) is 27.4 Å². The maximum Gasteiger partial charge on any atom is 0.255 e. The number of halogens is 2. The molecule has 3 rings (SSSR count). The van der Waals surface area contributed by atoms with Crippen molar-refractivity contribution in [1.29, 1.82) is 0 Å². The highest BCUT2D eigenvalue weighted by molar-refractivity contribution is 6.36. The molecule has 0 spiro atoms. The van der Waals surface area contributed by atoms with Crippen LogP contribution in [0, 0.1) is 11.8 Å². The van der Waals surface area contributed by atoms with E-state index >= 15 is 0 Å². The minimum absolute atomic E-state index is 0.0109. The standard InChI is InChI=1S/C14H16Cl2N2O/c15-9-2-3-10(12(16)5-9)14(19)18-6-8-1-4-13(17)11(8)7-18/h2-3,5,8,11,13H,1,4,6-7,17H2. The number of nitrogens with two attached hydrogens (primary N) is 1. The van der Waals surface area contributed by atoms with Crippen molar-refractivity contribution in [2.24, 2.45) is 17.6 Å². The molecule has 19 heavy (non-hydrogen) atoms. The van der Waals surface area contributed by atoms with E-state index in [-0.39, 0.29) is 11.9 Å². The van der Waals surface area contributed by atoms with Crippen LogP contribution in [0.4, 0.5) is 0 Å². The number of likely N-dealkylation sites (tertiary alicyclic amines) is 1. The van der Waals surface area contributed by atoms with Gasteiger partial charge < -0.3 is 10.6 Å². The number of amides is 1. The first-order valence-electron chi connectivity index (χ1n) is 6.56. The summed E-state index contributed by atoms with van der Waals surface area (Å²) in [4.78, 5) is 14.4. The SMILES string of the molecule is NC1CCC2CN(C(=O)c3ccc(Cl)cc3Cl)CC12. The van der Waals surface area contributed by atoms with Crippen LogP contribution < -0.4 is 5.73 Å². The zero-order valence-electron chi connectivity index (χ0n) is 10.5. The molecule has 1 aliphatic carbocycles. The Balaban J connectivity index is 1.78. The van der Waals surface area contributed by atoms with Crippen molar-refractivity contribution in [1.82, 2.24) is 4.90 Å². The van der Waals surface area contributed by atoms with Gasteiger partial charge in [-0.05, 0) is 42.9 Å². The third-order valence-electron chi connectivity index (χ3n) is 4.36. The van der Waals surface area contributed by atoms with Gasteiger partial charge in [-0.2, -0.15) is 0 Å². The molecule has 1 saturated heterocycles. The van der Waals surface area contributed by atoms with Crippen molar-refractivity contribution in [3.8, 4) is 0 Å². The van der Waals surface area contributed by atoms with Crippen molar-refractivity contribution in [3.63, 3.8) is 0 Å². The van der Waals surface area contributed by atoms with Crippen LogP contribution >= 0.6 is 23.2 Å². The largest absolute Gasteiger partial charge is 0.338 e.